The second-order valence-electron chi connectivity index (χ2n) is 5.63. The van der Waals surface area contributed by atoms with Crippen molar-refractivity contribution in [2.45, 2.75) is 39.3 Å². The van der Waals surface area contributed by atoms with Gasteiger partial charge in [0.1, 0.15) is 5.82 Å². The molecule has 0 saturated carbocycles. The molecule has 0 saturated heterocycles. The number of rotatable bonds is 7. The molecule has 1 atom stereocenters. The van der Waals surface area contributed by atoms with Gasteiger partial charge in [-0.25, -0.2) is 4.39 Å². The molecule has 0 aliphatic heterocycles. The lowest BCUT2D eigenvalue weighted by Gasteiger charge is -2.11. The van der Waals surface area contributed by atoms with Gasteiger partial charge in [0, 0.05) is 18.8 Å². The van der Waals surface area contributed by atoms with Gasteiger partial charge in [0.05, 0.1) is 18.2 Å². The number of carbonyl (C=O) groups is 1. The summed E-state index contributed by atoms with van der Waals surface area (Å²) in [6.07, 6.45) is -0.325. The summed E-state index contributed by atoms with van der Waals surface area (Å²) in [6.45, 7) is 5.17. The van der Waals surface area contributed by atoms with Crippen LogP contribution in [0.2, 0.25) is 0 Å². The van der Waals surface area contributed by atoms with Crippen LogP contribution in [0.3, 0.4) is 0 Å². The van der Waals surface area contributed by atoms with Gasteiger partial charge in [-0.05, 0) is 44.0 Å². The fraction of sp³-hybridized carbons (Fsp3) is 0.412. The maximum absolute atomic E-state index is 13.1. The fourth-order valence-corrected chi connectivity index (χ4v) is 2.44. The van der Waals surface area contributed by atoms with Crippen molar-refractivity contribution in [3.8, 4) is 0 Å². The molecule has 1 unspecified atom stereocenters. The van der Waals surface area contributed by atoms with Crippen LogP contribution in [0.15, 0.2) is 30.3 Å². The van der Waals surface area contributed by atoms with Crippen LogP contribution >= 0.6 is 0 Å². The van der Waals surface area contributed by atoms with E-state index < -0.39 is 11.9 Å². The second kappa shape index (κ2) is 7.87. The molecule has 0 fully saturated rings. The number of aliphatic hydroxyl groups excluding tert-OH is 1. The number of carbonyl (C=O) groups excluding carboxylic acids is 1. The number of nitrogens with one attached hydrogen (secondary N) is 1. The lowest BCUT2D eigenvalue weighted by molar-refractivity contribution is -0.123. The fourth-order valence-electron chi connectivity index (χ4n) is 2.44. The van der Waals surface area contributed by atoms with Crippen LogP contribution in [-0.4, -0.2) is 27.3 Å². The maximum Gasteiger partial charge on any atom is 0.222 e. The summed E-state index contributed by atoms with van der Waals surface area (Å²) in [5.74, 6) is -0.679. The molecule has 0 radical (unpaired) electrons. The van der Waals surface area contributed by atoms with Gasteiger partial charge >= 0.3 is 0 Å². The monoisotopic (exact) mass is 319 g/mol. The predicted octanol–water partition coefficient (Wildman–Crippen LogP) is 2.27. The average Bonchev–Trinajstić information content (AvgIpc) is 2.81. The number of aryl methyl sites for hydroxylation is 3. The van der Waals surface area contributed by atoms with Crippen LogP contribution in [-0.2, 0) is 11.3 Å². The molecule has 2 aromatic rings. The van der Waals surface area contributed by atoms with Crippen LogP contribution in [0.4, 0.5) is 4.39 Å². The Labute approximate surface area is 135 Å². The Balaban J connectivity index is 1.71. The van der Waals surface area contributed by atoms with Crippen LogP contribution in [0, 0.1) is 19.7 Å². The van der Waals surface area contributed by atoms with Gasteiger partial charge in [0.15, 0.2) is 0 Å². The molecule has 124 valence electrons. The molecule has 1 heterocycles. The summed E-state index contributed by atoms with van der Waals surface area (Å²) in [7, 11) is 0. The lowest BCUT2D eigenvalue weighted by atomic mass is 10.1. The number of halogens is 1. The third-order valence-electron chi connectivity index (χ3n) is 3.58. The molecule has 0 bridgehead atoms. The maximum atomic E-state index is 13.1. The molecular formula is C17H22FN3O2. The summed E-state index contributed by atoms with van der Waals surface area (Å²) in [6, 6.07) is 7.66. The van der Waals surface area contributed by atoms with Gasteiger partial charge in [0.2, 0.25) is 5.91 Å². The van der Waals surface area contributed by atoms with Crippen molar-refractivity contribution in [1.82, 2.24) is 15.1 Å². The van der Waals surface area contributed by atoms with Crippen molar-refractivity contribution in [2.24, 2.45) is 0 Å². The van der Waals surface area contributed by atoms with Crippen LogP contribution in [0.5, 0.6) is 0 Å². The zero-order valence-electron chi connectivity index (χ0n) is 13.4. The second-order valence-corrected chi connectivity index (χ2v) is 5.63. The molecule has 0 spiro atoms. The van der Waals surface area contributed by atoms with Crippen molar-refractivity contribution in [1.29, 1.82) is 0 Å². The van der Waals surface area contributed by atoms with E-state index in [1.54, 1.807) is 6.07 Å². The highest BCUT2D eigenvalue weighted by molar-refractivity contribution is 5.76. The first-order valence-corrected chi connectivity index (χ1v) is 7.67. The Morgan fingerprint density at radius 2 is 2.17 bits per heavy atom. The number of aliphatic hydroxyl groups is 1. The number of hydrogen-bond donors (Lipinski definition) is 2. The molecular weight excluding hydrogens is 297 g/mol. The summed E-state index contributed by atoms with van der Waals surface area (Å²) < 4.78 is 15.0. The normalized spacial score (nSPS) is 12.2. The zero-order valence-corrected chi connectivity index (χ0v) is 13.4. The topological polar surface area (TPSA) is 67.2 Å². The van der Waals surface area contributed by atoms with E-state index >= 15 is 0 Å². The van der Waals surface area contributed by atoms with Crippen molar-refractivity contribution in [2.75, 3.05) is 6.54 Å². The Kier molecular flexibility index (Phi) is 5.87. The third-order valence-corrected chi connectivity index (χ3v) is 3.58. The Morgan fingerprint density at radius 1 is 1.39 bits per heavy atom. The number of amides is 1. The standard InChI is InChI=1S/C17H22FN3O2/c1-12-9-13(2)21(20-12)8-4-7-19-17(23)11-16(22)14-5-3-6-15(18)10-14/h3,5-6,9-10,16,22H,4,7-8,11H2,1-2H3,(H,19,23). The van der Waals surface area contributed by atoms with E-state index in [0.29, 0.717) is 12.1 Å². The Hall–Kier alpha value is -2.21. The van der Waals surface area contributed by atoms with E-state index in [0.717, 1.165) is 24.4 Å². The average molecular weight is 319 g/mol. The van der Waals surface area contributed by atoms with Gasteiger partial charge in [0.25, 0.3) is 0 Å². The van der Waals surface area contributed by atoms with Gasteiger partial charge in [-0.2, -0.15) is 5.10 Å². The summed E-state index contributed by atoms with van der Waals surface area (Å²) in [4.78, 5) is 11.8. The largest absolute Gasteiger partial charge is 0.388 e. The Morgan fingerprint density at radius 3 is 2.83 bits per heavy atom. The first kappa shape index (κ1) is 17.1. The molecule has 2 N–H and O–H groups in total. The van der Waals surface area contributed by atoms with E-state index in [9.17, 15) is 14.3 Å². The molecule has 23 heavy (non-hydrogen) atoms. The SMILES string of the molecule is Cc1cc(C)n(CCCNC(=O)CC(O)c2cccc(F)c2)n1. The van der Waals surface area contributed by atoms with E-state index in [1.165, 1.54) is 18.2 Å². The minimum atomic E-state index is -0.998. The van der Waals surface area contributed by atoms with E-state index in [4.69, 9.17) is 0 Å². The minimum Gasteiger partial charge on any atom is -0.388 e. The molecule has 1 aromatic heterocycles. The Bertz CT molecular complexity index is 670. The summed E-state index contributed by atoms with van der Waals surface area (Å²) >= 11 is 0. The smallest absolute Gasteiger partial charge is 0.222 e. The van der Waals surface area contributed by atoms with Gasteiger partial charge in [-0.15, -0.1) is 0 Å². The molecule has 0 aliphatic rings. The highest BCUT2D eigenvalue weighted by Crippen LogP contribution is 2.17. The van der Waals surface area contributed by atoms with Gasteiger partial charge < -0.3 is 10.4 Å². The summed E-state index contributed by atoms with van der Waals surface area (Å²) in [5.41, 5.74) is 2.47. The van der Waals surface area contributed by atoms with Crippen LogP contribution < -0.4 is 5.32 Å². The quantitative estimate of drug-likeness (QED) is 0.769. The first-order chi connectivity index (χ1) is 11.0. The van der Waals surface area contributed by atoms with Crippen LogP contribution in [0.1, 0.15) is 35.9 Å². The van der Waals surface area contributed by atoms with Crippen molar-refractivity contribution in [3.05, 3.63) is 53.1 Å². The van der Waals surface area contributed by atoms with Crippen LogP contribution in [0.25, 0.3) is 0 Å². The predicted molar refractivity (Wildman–Crippen MR) is 85.3 cm³/mol. The number of hydrogen-bond acceptors (Lipinski definition) is 3. The number of aromatic nitrogens is 2. The van der Waals surface area contributed by atoms with Crippen molar-refractivity contribution >= 4 is 5.91 Å². The molecule has 1 aromatic carbocycles. The van der Waals surface area contributed by atoms with Gasteiger partial charge in [-0.1, -0.05) is 12.1 Å². The molecule has 0 aliphatic carbocycles. The summed E-state index contributed by atoms with van der Waals surface area (Å²) in [5, 5.41) is 17.1. The van der Waals surface area contributed by atoms with E-state index in [-0.39, 0.29) is 12.3 Å². The molecule has 1 amide bonds. The van der Waals surface area contributed by atoms with Gasteiger partial charge in [-0.3, -0.25) is 9.48 Å². The van der Waals surface area contributed by atoms with E-state index in [1.807, 2.05) is 24.6 Å². The van der Waals surface area contributed by atoms with Crippen molar-refractivity contribution in [3.63, 3.8) is 0 Å². The zero-order chi connectivity index (χ0) is 16.8. The molecule has 6 heteroatoms. The van der Waals surface area contributed by atoms with Crippen molar-refractivity contribution < 1.29 is 14.3 Å². The highest BCUT2D eigenvalue weighted by Gasteiger charge is 2.13. The molecule has 2 rings (SSSR count). The number of benzene rings is 1. The minimum absolute atomic E-state index is 0.0800. The highest BCUT2D eigenvalue weighted by atomic mass is 19.1. The van der Waals surface area contributed by atoms with E-state index in [2.05, 4.69) is 10.4 Å². The third kappa shape index (κ3) is 5.17. The first-order valence-electron chi connectivity index (χ1n) is 7.67. The molecule has 5 nitrogen and oxygen atoms in total. The lowest BCUT2D eigenvalue weighted by Crippen LogP contribution is -2.27. The number of nitrogens with zero attached hydrogens (tertiary/aromatic N) is 2.